The molecular formula is C10H13BrO. The predicted octanol–water partition coefficient (Wildman–Crippen LogP) is 3.33. The van der Waals surface area contributed by atoms with Crippen molar-refractivity contribution < 1.29 is 4.74 Å². The van der Waals surface area contributed by atoms with E-state index in [9.17, 15) is 0 Å². The van der Waals surface area contributed by atoms with Crippen molar-refractivity contribution in [3.05, 3.63) is 27.7 Å². The highest BCUT2D eigenvalue weighted by Gasteiger charge is 2.05. The summed E-state index contributed by atoms with van der Waals surface area (Å²) in [6, 6.07) is 4.02. The SMILES string of the molecule is CCc1c(Br)ccc(OC)c1C. The van der Waals surface area contributed by atoms with E-state index in [4.69, 9.17) is 4.74 Å². The van der Waals surface area contributed by atoms with Crippen LogP contribution in [0.25, 0.3) is 0 Å². The van der Waals surface area contributed by atoms with Crippen LogP contribution in [0.4, 0.5) is 0 Å². The normalized spacial score (nSPS) is 10.0. The molecule has 1 rings (SSSR count). The fourth-order valence-electron chi connectivity index (χ4n) is 1.36. The number of ether oxygens (including phenoxy) is 1. The van der Waals surface area contributed by atoms with Crippen LogP contribution < -0.4 is 4.74 Å². The van der Waals surface area contributed by atoms with E-state index < -0.39 is 0 Å². The molecule has 0 bridgehead atoms. The Balaban J connectivity index is 3.24. The third-order valence-corrected chi connectivity index (χ3v) is 2.81. The minimum Gasteiger partial charge on any atom is -0.496 e. The van der Waals surface area contributed by atoms with Gasteiger partial charge in [0.05, 0.1) is 7.11 Å². The number of methoxy groups -OCH3 is 1. The van der Waals surface area contributed by atoms with Gasteiger partial charge in [0, 0.05) is 4.47 Å². The maximum Gasteiger partial charge on any atom is 0.122 e. The first kappa shape index (κ1) is 9.59. The molecule has 1 aromatic carbocycles. The third kappa shape index (κ3) is 1.63. The largest absolute Gasteiger partial charge is 0.496 e. The zero-order valence-corrected chi connectivity index (χ0v) is 9.23. The van der Waals surface area contributed by atoms with Crippen molar-refractivity contribution in [2.75, 3.05) is 7.11 Å². The van der Waals surface area contributed by atoms with Crippen molar-refractivity contribution in [3.8, 4) is 5.75 Å². The summed E-state index contributed by atoms with van der Waals surface area (Å²) in [5, 5.41) is 0. The first-order valence-electron chi connectivity index (χ1n) is 4.02. The van der Waals surface area contributed by atoms with Gasteiger partial charge in [-0.15, -0.1) is 0 Å². The van der Waals surface area contributed by atoms with Crippen molar-refractivity contribution in [1.82, 2.24) is 0 Å². The van der Waals surface area contributed by atoms with E-state index in [1.165, 1.54) is 15.6 Å². The molecule has 0 spiro atoms. The van der Waals surface area contributed by atoms with E-state index in [0.717, 1.165) is 12.2 Å². The Morgan fingerprint density at radius 1 is 1.42 bits per heavy atom. The zero-order chi connectivity index (χ0) is 9.14. The second-order valence-corrected chi connectivity index (χ2v) is 3.56. The average molecular weight is 229 g/mol. The van der Waals surface area contributed by atoms with Crippen molar-refractivity contribution in [1.29, 1.82) is 0 Å². The number of halogens is 1. The minimum absolute atomic E-state index is 0.968. The highest BCUT2D eigenvalue weighted by molar-refractivity contribution is 9.10. The lowest BCUT2D eigenvalue weighted by atomic mass is 10.1. The summed E-state index contributed by atoms with van der Waals surface area (Å²) >= 11 is 3.52. The Morgan fingerprint density at radius 2 is 2.08 bits per heavy atom. The van der Waals surface area contributed by atoms with Crippen LogP contribution in [0.2, 0.25) is 0 Å². The Kier molecular flexibility index (Phi) is 3.15. The molecule has 0 aliphatic carbocycles. The quantitative estimate of drug-likeness (QED) is 0.755. The molecule has 0 fully saturated rings. The maximum atomic E-state index is 5.22. The first-order valence-corrected chi connectivity index (χ1v) is 4.82. The van der Waals surface area contributed by atoms with Gasteiger partial charge in [-0.25, -0.2) is 0 Å². The fraction of sp³-hybridized carbons (Fsp3) is 0.400. The predicted molar refractivity (Wildman–Crippen MR) is 54.8 cm³/mol. The number of hydrogen-bond donors (Lipinski definition) is 0. The van der Waals surface area contributed by atoms with Crippen LogP contribution in [0.5, 0.6) is 5.75 Å². The number of benzene rings is 1. The molecule has 0 aliphatic heterocycles. The summed E-state index contributed by atoms with van der Waals surface area (Å²) in [5.74, 6) is 0.968. The standard InChI is InChI=1S/C10H13BrO/c1-4-8-7(2)10(12-3)6-5-9(8)11/h5-6H,4H2,1-3H3. The van der Waals surface area contributed by atoms with Gasteiger partial charge in [0.25, 0.3) is 0 Å². The lowest BCUT2D eigenvalue weighted by molar-refractivity contribution is 0.411. The van der Waals surface area contributed by atoms with Crippen LogP contribution >= 0.6 is 15.9 Å². The second-order valence-electron chi connectivity index (χ2n) is 2.71. The molecule has 0 saturated heterocycles. The molecule has 0 amide bonds. The van der Waals surface area contributed by atoms with Gasteiger partial charge in [0.1, 0.15) is 5.75 Å². The molecule has 1 aromatic rings. The van der Waals surface area contributed by atoms with Crippen LogP contribution in [-0.2, 0) is 6.42 Å². The fourth-order valence-corrected chi connectivity index (χ4v) is 2.07. The molecule has 0 heterocycles. The van der Waals surface area contributed by atoms with E-state index in [1.807, 2.05) is 12.1 Å². The van der Waals surface area contributed by atoms with Crippen molar-refractivity contribution >= 4 is 15.9 Å². The topological polar surface area (TPSA) is 9.23 Å². The van der Waals surface area contributed by atoms with Gasteiger partial charge < -0.3 is 4.74 Å². The average Bonchev–Trinajstić information content (AvgIpc) is 2.06. The van der Waals surface area contributed by atoms with E-state index in [1.54, 1.807) is 7.11 Å². The van der Waals surface area contributed by atoms with Gasteiger partial charge in [-0.05, 0) is 36.6 Å². The molecule has 0 radical (unpaired) electrons. The molecule has 0 saturated carbocycles. The molecule has 0 atom stereocenters. The van der Waals surface area contributed by atoms with Gasteiger partial charge in [0.2, 0.25) is 0 Å². The number of hydrogen-bond acceptors (Lipinski definition) is 1. The van der Waals surface area contributed by atoms with Crippen molar-refractivity contribution in [2.24, 2.45) is 0 Å². The van der Waals surface area contributed by atoms with Gasteiger partial charge in [-0.3, -0.25) is 0 Å². The van der Waals surface area contributed by atoms with E-state index in [2.05, 4.69) is 29.8 Å². The number of rotatable bonds is 2. The molecular weight excluding hydrogens is 216 g/mol. The molecule has 0 aliphatic rings. The lowest BCUT2D eigenvalue weighted by Crippen LogP contribution is -1.93. The molecule has 1 nitrogen and oxygen atoms in total. The highest BCUT2D eigenvalue weighted by atomic mass is 79.9. The monoisotopic (exact) mass is 228 g/mol. The highest BCUT2D eigenvalue weighted by Crippen LogP contribution is 2.28. The molecule has 12 heavy (non-hydrogen) atoms. The van der Waals surface area contributed by atoms with Crippen LogP contribution in [0.15, 0.2) is 16.6 Å². The summed E-state index contributed by atoms with van der Waals surface area (Å²) in [4.78, 5) is 0. The van der Waals surface area contributed by atoms with Crippen molar-refractivity contribution in [3.63, 3.8) is 0 Å². The van der Waals surface area contributed by atoms with E-state index in [-0.39, 0.29) is 0 Å². The first-order chi connectivity index (χ1) is 5.70. The minimum atomic E-state index is 0.968. The van der Waals surface area contributed by atoms with Gasteiger partial charge in [-0.1, -0.05) is 22.9 Å². The van der Waals surface area contributed by atoms with Gasteiger partial charge in [-0.2, -0.15) is 0 Å². The molecule has 0 aromatic heterocycles. The molecule has 0 unspecified atom stereocenters. The van der Waals surface area contributed by atoms with E-state index in [0.29, 0.717) is 0 Å². The summed E-state index contributed by atoms with van der Waals surface area (Å²) in [7, 11) is 1.70. The summed E-state index contributed by atoms with van der Waals surface area (Å²) in [5.41, 5.74) is 2.56. The Morgan fingerprint density at radius 3 is 2.58 bits per heavy atom. The van der Waals surface area contributed by atoms with Crippen LogP contribution in [-0.4, -0.2) is 7.11 Å². The second kappa shape index (κ2) is 3.94. The summed E-state index contributed by atoms with van der Waals surface area (Å²) in [6.07, 6.45) is 1.03. The maximum absolute atomic E-state index is 5.22. The van der Waals surface area contributed by atoms with E-state index >= 15 is 0 Å². The molecule has 66 valence electrons. The Labute approximate surface area is 81.9 Å². The summed E-state index contributed by atoms with van der Waals surface area (Å²) < 4.78 is 6.39. The Hall–Kier alpha value is -0.500. The van der Waals surface area contributed by atoms with Crippen LogP contribution in [0.3, 0.4) is 0 Å². The lowest BCUT2D eigenvalue weighted by Gasteiger charge is -2.10. The smallest absolute Gasteiger partial charge is 0.122 e. The van der Waals surface area contributed by atoms with Crippen LogP contribution in [0, 0.1) is 6.92 Å². The third-order valence-electron chi connectivity index (χ3n) is 2.07. The van der Waals surface area contributed by atoms with Gasteiger partial charge >= 0.3 is 0 Å². The summed E-state index contributed by atoms with van der Waals surface area (Å²) in [6.45, 7) is 4.23. The Bertz CT molecular complexity index is 281. The molecule has 0 N–H and O–H groups in total. The zero-order valence-electron chi connectivity index (χ0n) is 7.65. The van der Waals surface area contributed by atoms with Crippen LogP contribution in [0.1, 0.15) is 18.1 Å². The van der Waals surface area contributed by atoms with Crippen molar-refractivity contribution in [2.45, 2.75) is 20.3 Å². The molecule has 2 heteroatoms. The van der Waals surface area contributed by atoms with Gasteiger partial charge in [0.15, 0.2) is 0 Å².